The first-order valence-corrected chi connectivity index (χ1v) is 23.7. The second-order valence-corrected chi connectivity index (χ2v) is 21.1. The molecule has 2 saturated heterocycles. The molecule has 3 fully saturated rings. The van der Waals surface area contributed by atoms with Crippen molar-refractivity contribution in [1.29, 1.82) is 0 Å². The molecule has 0 amide bonds. The number of nitrogens with zero attached hydrogens (tertiary/aromatic N) is 2. The number of aliphatic hydroxyl groups is 4. The van der Waals surface area contributed by atoms with Crippen LogP contribution in [0.25, 0.3) is 0 Å². The quantitative estimate of drug-likeness (QED) is 0.174. The molecule has 4 rings (SSSR count). The number of likely N-dealkylation sites (N-methyl/N-ethyl adjacent to an activating group) is 1. The maximum absolute atomic E-state index is 14.7. The lowest BCUT2D eigenvalue weighted by Gasteiger charge is -2.50. The lowest BCUT2D eigenvalue weighted by molar-refractivity contribution is -0.318. The van der Waals surface area contributed by atoms with E-state index in [2.05, 4.69) is 31.9 Å². The summed E-state index contributed by atoms with van der Waals surface area (Å²) in [5.74, 6) is -3.42. The minimum atomic E-state index is -1.71. The fourth-order valence-corrected chi connectivity index (χ4v) is 11.5. The molecule has 356 valence electrons. The molecule has 0 aromatic heterocycles. The van der Waals surface area contributed by atoms with E-state index in [9.17, 15) is 25.2 Å². The summed E-state index contributed by atoms with van der Waals surface area (Å²) in [6.45, 7) is 18.6. The number of benzene rings is 1. The summed E-state index contributed by atoms with van der Waals surface area (Å²) in [7, 11) is 6.96. The van der Waals surface area contributed by atoms with Gasteiger partial charge in [-0.25, -0.2) is 0 Å². The Balaban J connectivity index is 1.90. The Morgan fingerprint density at radius 2 is 1.48 bits per heavy atom. The Labute approximate surface area is 386 Å². The van der Waals surface area contributed by atoms with Gasteiger partial charge in [0.05, 0.1) is 53.0 Å². The number of halogens is 2. The molecule has 0 unspecified atom stereocenters. The van der Waals surface area contributed by atoms with Gasteiger partial charge >= 0.3 is 0 Å². The SMILES string of the molecule is CC[C@H]1CC(=O)[C@H](C)[C@@H](O[C@H]2C[C@@](C)(OC)[C@@H](O)[C@H](C)O2)[C@H](C)[C@@H](O[C@@H]2O[C@H](C)C[C@H](N(C)C)[C@H]2O)[C@](C)(OC)C[C@@H](C)/C(=N\OCc2cc(Br)cc(Br)c2)[C@H](C)[C@@H](O)[C@]1(C)O. The van der Waals surface area contributed by atoms with Crippen LogP contribution in [-0.2, 0) is 44.7 Å². The molecule has 62 heavy (non-hydrogen) atoms. The average molecular weight is 1010 g/mol. The van der Waals surface area contributed by atoms with Crippen molar-refractivity contribution in [2.75, 3.05) is 28.3 Å². The van der Waals surface area contributed by atoms with Gasteiger partial charge in [-0.2, -0.15) is 0 Å². The molecule has 16 heteroatoms. The number of rotatable bonds is 11. The van der Waals surface area contributed by atoms with Crippen molar-refractivity contribution < 1.29 is 58.5 Å². The second kappa shape index (κ2) is 22.1. The first-order valence-electron chi connectivity index (χ1n) is 22.2. The van der Waals surface area contributed by atoms with Gasteiger partial charge in [-0.3, -0.25) is 4.79 Å². The summed E-state index contributed by atoms with van der Waals surface area (Å²) >= 11 is 7.08. The van der Waals surface area contributed by atoms with Gasteiger partial charge in [0.1, 0.15) is 24.6 Å². The Hall–Kier alpha value is -1.12. The van der Waals surface area contributed by atoms with Crippen LogP contribution in [0.3, 0.4) is 0 Å². The van der Waals surface area contributed by atoms with Crippen LogP contribution >= 0.6 is 31.9 Å². The normalized spacial score (nSPS) is 43.7. The summed E-state index contributed by atoms with van der Waals surface area (Å²) in [5, 5.41) is 52.1. The molecule has 1 saturated carbocycles. The molecule has 1 aromatic carbocycles. The summed E-state index contributed by atoms with van der Waals surface area (Å²) in [6, 6.07) is 5.52. The van der Waals surface area contributed by atoms with E-state index in [-0.39, 0.29) is 43.8 Å². The van der Waals surface area contributed by atoms with E-state index in [0.29, 0.717) is 18.6 Å². The fourth-order valence-electron chi connectivity index (χ4n) is 10.1. The monoisotopic (exact) mass is 1010 g/mol. The van der Waals surface area contributed by atoms with Crippen LogP contribution in [0, 0.1) is 29.6 Å². The maximum atomic E-state index is 14.7. The highest BCUT2D eigenvalue weighted by molar-refractivity contribution is 9.11. The average Bonchev–Trinajstić information content (AvgIpc) is 3.20. The van der Waals surface area contributed by atoms with Crippen LogP contribution in [0.2, 0.25) is 0 Å². The standard InChI is InChI=1S/C46H76Br2N2O12/c1-15-31-19-35(51)26(4)39(61-36-22-44(8,56-13)41(54)29(7)60-36)28(6)42(62-43-38(52)34(50(11)12)16-25(3)59-43)45(9,57-14)21-24(2)37(27(5)40(53)46(31,10)55)49-58-23-30-17-32(47)20-33(48)18-30/h17-18,20,24-29,31,34,36,38-43,52-55H,15-16,19,21-23H2,1-14H3/b49-37+/t24-,25-,26+,27+,28+,29+,31+,34+,36+,38-,39-,40-,41+,42-,43+,44-,45-,46-/m1/s1. The van der Waals surface area contributed by atoms with Crippen molar-refractivity contribution in [2.24, 2.45) is 34.7 Å². The van der Waals surface area contributed by atoms with Crippen molar-refractivity contribution in [3.63, 3.8) is 0 Å². The smallest absolute Gasteiger partial charge is 0.185 e. The lowest BCUT2D eigenvalue weighted by Crippen LogP contribution is -2.61. The van der Waals surface area contributed by atoms with Gasteiger partial charge in [0.25, 0.3) is 0 Å². The van der Waals surface area contributed by atoms with Crippen molar-refractivity contribution in [3.8, 4) is 0 Å². The topological polar surface area (TPSA) is 178 Å². The molecular weight excluding hydrogens is 932 g/mol. The van der Waals surface area contributed by atoms with Gasteiger partial charge < -0.3 is 58.6 Å². The number of Topliss-reactive ketones (excluding diaryl/α,β-unsaturated/α-hetero) is 1. The third kappa shape index (κ3) is 12.3. The Kier molecular flexibility index (Phi) is 19.1. The van der Waals surface area contributed by atoms with E-state index in [4.69, 9.17) is 38.4 Å². The highest BCUT2D eigenvalue weighted by atomic mass is 79.9. The molecule has 2 heterocycles. The van der Waals surface area contributed by atoms with Gasteiger partial charge in [-0.1, -0.05) is 78.1 Å². The number of ketones is 1. The van der Waals surface area contributed by atoms with E-state index in [1.54, 1.807) is 34.8 Å². The summed E-state index contributed by atoms with van der Waals surface area (Å²) < 4.78 is 40.7. The van der Waals surface area contributed by atoms with Crippen LogP contribution in [0.1, 0.15) is 107 Å². The van der Waals surface area contributed by atoms with E-state index in [0.717, 1.165) is 14.5 Å². The van der Waals surface area contributed by atoms with Gasteiger partial charge in [0.2, 0.25) is 0 Å². The third-order valence-corrected chi connectivity index (χ3v) is 15.2. The fraction of sp³-hybridized carbons (Fsp3) is 0.826. The number of methoxy groups -OCH3 is 2. The van der Waals surface area contributed by atoms with Crippen molar-refractivity contribution >= 4 is 43.4 Å². The van der Waals surface area contributed by atoms with Crippen LogP contribution in [-0.4, -0.2) is 143 Å². The molecule has 4 N–H and O–H groups in total. The highest BCUT2D eigenvalue weighted by Gasteiger charge is 2.53. The minimum Gasteiger partial charge on any atom is -0.391 e. The predicted molar refractivity (Wildman–Crippen MR) is 243 cm³/mol. The van der Waals surface area contributed by atoms with Crippen LogP contribution in [0.4, 0.5) is 0 Å². The number of carbonyl (C=O) groups is 1. The Morgan fingerprint density at radius 3 is 2.05 bits per heavy atom. The van der Waals surface area contributed by atoms with Gasteiger partial charge in [0.15, 0.2) is 12.6 Å². The maximum Gasteiger partial charge on any atom is 0.185 e. The van der Waals surface area contributed by atoms with Crippen molar-refractivity contribution in [2.45, 2.75) is 186 Å². The first-order chi connectivity index (χ1) is 28.8. The zero-order valence-electron chi connectivity index (χ0n) is 39.3. The zero-order valence-corrected chi connectivity index (χ0v) is 42.5. The van der Waals surface area contributed by atoms with Crippen LogP contribution in [0.15, 0.2) is 32.3 Å². The molecule has 0 bridgehead atoms. The lowest BCUT2D eigenvalue weighted by atomic mass is 9.69. The largest absolute Gasteiger partial charge is 0.391 e. The summed E-state index contributed by atoms with van der Waals surface area (Å²) in [6.07, 6.45) is -6.60. The Bertz CT molecular complexity index is 1630. The first kappa shape index (κ1) is 53.5. The number of aliphatic hydroxyl groups excluding tert-OH is 3. The van der Waals surface area contributed by atoms with E-state index in [1.807, 2.05) is 78.7 Å². The summed E-state index contributed by atoms with van der Waals surface area (Å²) in [5.41, 5.74) is -2.57. The van der Waals surface area contributed by atoms with E-state index >= 15 is 0 Å². The molecule has 14 nitrogen and oxygen atoms in total. The molecule has 18 atom stereocenters. The van der Waals surface area contributed by atoms with Gasteiger partial charge in [-0.15, -0.1) is 0 Å². The molecular formula is C46H76Br2N2O12. The zero-order chi connectivity index (χ0) is 46.6. The molecule has 0 radical (unpaired) electrons. The van der Waals surface area contributed by atoms with Gasteiger partial charge in [0, 0.05) is 65.7 Å². The van der Waals surface area contributed by atoms with E-state index < -0.39 is 95.6 Å². The van der Waals surface area contributed by atoms with Crippen LogP contribution < -0.4 is 0 Å². The molecule has 0 spiro atoms. The molecule has 1 aromatic rings. The second-order valence-electron chi connectivity index (χ2n) is 19.2. The number of hydrogen-bond acceptors (Lipinski definition) is 14. The van der Waals surface area contributed by atoms with Crippen molar-refractivity contribution in [1.82, 2.24) is 4.90 Å². The number of oxime groups is 1. The van der Waals surface area contributed by atoms with Crippen molar-refractivity contribution in [3.05, 3.63) is 32.7 Å². The summed E-state index contributed by atoms with van der Waals surface area (Å²) in [4.78, 5) is 22.8. The minimum absolute atomic E-state index is 0.0622. The molecule has 1 aliphatic carbocycles. The number of ether oxygens (including phenoxy) is 6. The number of hydrogen-bond donors (Lipinski definition) is 4. The Morgan fingerprint density at radius 1 is 0.871 bits per heavy atom. The molecule has 3 aliphatic rings. The van der Waals surface area contributed by atoms with Crippen LogP contribution in [0.5, 0.6) is 0 Å². The predicted octanol–water partition coefficient (Wildman–Crippen LogP) is 6.63. The highest BCUT2D eigenvalue weighted by Crippen LogP contribution is 2.43. The van der Waals surface area contributed by atoms with Gasteiger partial charge in [-0.05, 0) is 91.2 Å². The third-order valence-electron chi connectivity index (χ3n) is 14.3. The molecule has 2 aliphatic heterocycles. The van der Waals surface area contributed by atoms with E-state index in [1.165, 1.54) is 7.11 Å². The number of carbonyl (C=O) groups excluding carboxylic acids is 1.